The Labute approximate surface area is 89.1 Å². The van der Waals surface area contributed by atoms with Crippen LogP contribution in [0.3, 0.4) is 0 Å². The third-order valence-corrected chi connectivity index (χ3v) is 3.25. The first-order chi connectivity index (χ1) is 6.77. The van der Waals surface area contributed by atoms with Crippen molar-refractivity contribution in [2.24, 2.45) is 11.8 Å². The maximum atomic E-state index is 2.38. The van der Waals surface area contributed by atoms with Gasteiger partial charge >= 0.3 is 0 Å². The average Bonchev–Trinajstić information content (AvgIpc) is 2.19. The molecule has 1 aliphatic carbocycles. The predicted molar refractivity (Wildman–Crippen MR) is 64.3 cm³/mol. The van der Waals surface area contributed by atoms with Crippen LogP contribution in [0.2, 0.25) is 0 Å². The maximum absolute atomic E-state index is 2.38. The zero-order valence-corrected chi connectivity index (χ0v) is 9.92. The van der Waals surface area contributed by atoms with Crippen molar-refractivity contribution in [1.82, 2.24) is 0 Å². The Bertz CT molecular complexity index is 210. The molecule has 0 heteroatoms. The van der Waals surface area contributed by atoms with E-state index in [1.165, 1.54) is 32.1 Å². The highest BCUT2D eigenvalue weighted by molar-refractivity contribution is 5.21. The molecule has 0 saturated carbocycles. The molecule has 80 valence electrons. The molecule has 0 nitrogen and oxygen atoms in total. The summed E-state index contributed by atoms with van der Waals surface area (Å²) in [7, 11) is 0. The van der Waals surface area contributed by atoms with Gasteiger partial charge in [-0.3, -0.25) is 0 Å². The van der Waals surface area contributed by atoms with Gasteiger partial charge in [-0.1, -0.05) is 57.4 Å². The van der Waals surface area contributed by atoms with Gasteiger partial charge in [0.1, 0.15) is 0 Å². The van der Waals surface area contributed by atoms with Gasteiger partial charge in [0.2, 0.25) is 0 Å². The van der Waals surface area contributed by atoms with Crippen LogP contribution < -0.4 is 0 Å². The van der Waals surface area contributed by atoms with Gasteiger partial charge in [-0.05, 0) is 31.1 Å². The van der Waals surface area contributed by atoms with E-state index < -0.39 is 0 Å². The lowest BCUT2D eigenvalue weighted by molar-refractivity contribution is 0.471. The molecule has 0 aromatic carbocycles. The molecule has 0 aliphatic heterocycles. The van der Waals surface area contributed by atoms with E-state index >= 15 is 0 Å². The first-order valence-electron chi connectivity index (χ1n) is 6.13. The lowest BCUT2D eigenvalue weighted by atomic mass is 9.83. The van der Waals surface area contributed by atoms with Crippen molar-refractivity contribution in [3.8, 4) is 0 Å². The van der Waals surface area contributed by atoms with Gasteiger partial charge in [-0.15, -0.1) is 0 Å². The quantitative estimate of drug-likeness (QED) is 0.591. The maximum Gasteiger partial charge on any atom is -0.0168 e. The minimum absolute atomic E-state index is 0.833. The fourth-order valence-electron chi connectivity index (χ4n) is 2.38. The van der Waals surface area contributed by atoms with E-state index in [1.807, 2.05) is 0 Å². The molecule has 0 N–H and O–H groups in total. The second-order valence-corrected chi connectivity index (χ2v) is 4.61. The molecule has 0 amide bonds. The third kappa shape index (κ3) is 3.32. The summed E-state index contributed by atoms with van der Waals surface area (Å²) in [6.07, 6.45) is 13.5. The van der Waals surface area contributed by atoms with Crippen molar-refractivity contribution < 1.29 is 0 Å². The number of hydrogen-bond acceptors (Lipinski definition) is 0. The van der Waals surface area contributed by atoms with E-state index in [4.69, 9.17) is 0 Å². The Morgan fingerprint density at radius 2 is 2.21 bits per heavy atom. The first kappa shape index (κ1) is 11.6. The van der Waals surface area contributed by atoms with Crippen molar-refractivity contribution in [3.05, 3.63) is 23.8 Å². The SMILES string of the molecule is CCCC(C)CC1=CC=CCC1CC. The van der Waals surface area contributed by atoms with E-state index in [1.54, 1.807) is 5.57 Å². The van der Waals surface area contributed by atoms with Gasteiger partial charge in [0.05, 0.1) is 0 Å². The lowest BCUT2D eigenvalue weighted by Gasteiger charge is -2.22. The van der Waals surface area contributed by atoms with Crippen molar-refractivity contribution in [2.45, 2.75) is 52.9 Å². The minimum atomic E-state index is 0.833. The van der Waals surface area contributed by atoms with Crippen LogP contribution in [-0.2, 0) is 0 Å². The molecule has 0 bridgehead atoms. The molecule has 14 heavy (non-hydrogen) atoms. The van der Waals surface area contributed by atoms with Gasteiger partial charge in [0, 0.05) is 0 Å². The van der Waals surface area contributed by atoms with Crippen molar-refractivity contribution in [1.29, 1.82) is 0 Å². The van der Waals surface area contributed by atoms with Crippen LogP contribution in [0.4, 0.5) is 0 Å². The summed E-state index contributed by atoms with van der Waals surface area (Å²) in [5.74, 6) is 1.70. The monoisotopic (exact) mass is 192 g/mol. The van der Waals surface area contributed by atoms with Crippen LogP contribution in [0.1, 0.15) is 52.9 Å². The molecule has 0 heterocycles. The highest BCUT2D eigenvalue weighted by atomic mass is 14.2. The number of rotatable bonds is 5. The van der Waals surface area contributed by atoms with Gasteiger partial charge in [-0.25, -0.2) is 0 Å². The summed E-state index contributed by atoms with van der Waals surface area (Å²) >= 11 is 0. The van der Waals surface area contributed by atoms with E-state index in [2.05, 4.69) is 39.0 Å². The summed E-state index contributed by atoms with van der Waals surface area (Å²) in [6, 6.07) is 0. The van der Waals surface area contributed by atoms with Crippen LogP contribution in [0.5, 0.6) is 0 Å². The fraction of sp³-hybridized carbons (Fsp3) is 0.714. The number of allylic oxidation sites excluding steroid dienone is 4. The van der Waals surface area contributed by atoms with Crippen molar-refractivity contribution >= 4 is 0 Å². The first-order valence-corrected chi connectivity index (χ1v) is 6.13. The van der Waals surface area contributed by atoms with E-state index in [0.29, 0.717) is 0 Å². The molecule has 0 saturated heterocycles. The summed E-state index contributed by atoms with van der Waals surface area (Å²) in [5.41, 5.74) is 1.69. The molecular weight excluding hydrogens is 168 g/mol. The summed E-state index contributed by atoms with van der Waals surface area (Å²) in [5, 5.41) is 0. The molecule has 2 unspecified atom stereocenters. The van der Waals surface area contributed by atoms with Crippen LogP contribution >= 0.6 is 0 Å². The lowest BCUT2D eigenvalue weighted by Crippen LogP contribution is -2.08. The van der Waals surface area contributed by atoms with E-state index in [0.717, 1.165) is 11.8 Å². The van der Waals surface area contributed by atoms with Gasteiger partial charge in [0.15, 0.2) is 0 Å². The smallest absolute Gasteiger partial charge is 0.0168 e. The Morgan fingerprint density at radius 1 is 1.43 bits per heavy atom. The molecule has 0 aromatic rings. The summed E-state index contributed by atoms with van der Waals surface area (Å²) < 4.78 is 0. The van der Waals surface area contributed by atoms with Gasteiger partial charge < -0.3 is 0 Å². The third-order valence-electron chi connectivity index (χ3n) is 3.25. The number of hydrogen-bond donors (Lipinski definition) is 0. The molecule has 0 fully saturated rings. The topological polar surface area (TPSA) is 0 Å². The summed E-state index contributed by atoms with van der Waals surface area (Å²) in [4.78, 5) is 0. The standard InChI is InChI=1S/C14H24/c1-4-8-12(3)11-14-10-7-6-9-13(14)5-2/h6-7,10,12-13H,4-5,8-9,11H2,1-3H3. The molecule has 1 aliphatic rings. The minimum Gasteiger partial charge on any atom is -0.0839 e. The Balaban J connectivity index is 2.48. The zero-order chi connectivity index (χ0) is 10.4. The van der Waals surface area contributed by atoms with Crippen LogP contribution in [-0.4, -0.2) is 0 Å². The highest BCUT2D eigenvalue weighted by Gasteiger charge is 2.15. The Kier molecular flexibility index (Phi) is 5.00. The van der Waals surface area contributed by atoms with E-state index in [-0.39, 0.29) is 0 Å². The predicted octanol–water partition coefficient (Wildman–Crippen LogP) is 4.73. The van der Waals surface area contributed by atoms with Crippen LogP contribution in [0, 0.1) is 11.8 Å². The molecule has 0 spiro atoms. The molecule has 2 atom stereocenters. The van der Waals surface area contributed by atoms with Crippen molar-refractivity contribution in [2.75, 3.05) is 0 Å². The van der Waals surface area contributed by atoms with Gasteiger partial charge in [-0.2, -0.15) is 0 Å². The normalized spacial score (nSPS) is 23.4. The van der Waals surface area contributed by atoms with Crippen molar-refractivity contribution in [3.63, 3.8) is 0 Å². The van der Waals surface area contributed by atoms with Crippen LogP contribution in [0.15, 0.2) is 23.8 Å². The molecular formula is C14H24. The molecule has 1 rings (SSSR count). The second-order valence-electron chi connectivity index (χ2n) is 4.61. The van der Waals surface area contributed by atoms with Gasteiger partial charge in [0.25, 0.3) is 0 Å². The van der Waals surface area contributed by atoms with E-state index in [9.17, 15) is 0 Å². The molecule has 0 aromatic heterocycles. The average molecular weight is 192 g/mol. The Morgan fingerprint density at radius 3 is 2.86 bits per heavy atom. The van der Waals surface area contributed by atoms with Crippen LogP contribution in [0.25, 0.3) is 0 Å². The summed E-state index contributed by atoms with van der Waals surface area (Å²) in [6.45, 7) is 6.97. The zero-order valence-electron chi connectivity index (χ0n) is 9.92. The largest absolute Gasteiger partial charge is 0.0839 e. The fourth-order valence-corrected chi connectivity index (χ4v) is 2.38. The second kappa shape index (κ2) is 6.06. The Hall–Kier alpha value is -0.520. The molecule has 0 radical (unpaired) electrons. The highest BCUT2D eigenvalue weighted by Crippen LogP contribution is 2.29.